The number of morpholine rings is 1. The minimum absolute atomic E-state index is 0.230. The second-order valence-electron chi connectivity index (χ2n) is 8.69. The summed E-state index contributed by atoms with van der Waals surface area (Å²) < 4.78 is 16.2. The summed E-state index contributed by atoms with van der Waals surface area (Å²) in [6.45, 7) is 10.6. The fraction of sp³-hybridized carbons (Fsp3) is 0.545. The molecular weight excluding hydrogens is 491 g/mol. The molecular formula is C22H29Cl3N4O4. The van der Waals surface area contributed by atoms with Gasteiger partial charge in [-0.3, -0.25) is 10.2 Å². The van der Waals surface area contributed by atoms with E-state index in [1.165, 1.54) is 0 Å². The molecule has 1 aromatic heterocycles. The normalized spacial score (nSPS) is 15.3. The summed E-state index contributed by atoms with van der Waals surface area (Å²) in [6, 6.07) is 9.29. The Hall–Kier alpha value is -1.71. The van der Waals surface area contributed by atoms with Crippen LogP contribution in [0.2, 0.25) is 0 Å². The first kappa shape index (κ1) is 25.9. The number of carbonyl (C=O) groups excluding carboxylic acids is 1. The summed E-state index contributed by atoms with van der Waals surface area (Å²) in [5.74, 6) is 1.20. The van der Waals surface area contributed by atoms with Crippen LogP contribution in [0.3, 0.4) is 0 Å². The summed E-state index contributed by atoms with van der Waals surface area (Å²) >= 11 is 17.0. The molecule has 1 amide bonds. The SMILES string of the molecule is CC(C)(C)c1cc(NC(=O)OCC(Cl)(Cl)Cl)n(-c2ccc(OCCN3CCOCC3)cc2)n1. The van der Waals surface area contributed by atoms with Gasteiger partial charge >= 0.3 is 6.09 Å². The number of ether oxygens (including phenoxy) is 3. The zero-order chi connectivity index (χ0) is 24.1. The zero-order valence-corrected chi connectivity index (χ0v) is 21.2. The lowest BCUT2D eigenvalue weighted by Crippen LogP contribution is -2.38. The molecule has 1 aromatic carbocycles. The number of anilines is 1. The molecule has 0 radical (unpaired) electrons. The summed E-state index contributed by atoms with van der Waals surface area (Å²) in [7, 11) is 0. The molecule has 1 aliphatic heterocycles. The third-order valence-electron chi connectivity index (χ3n) is 4.94. The monoisotopic (exact) mass is 518 g/mol. The van der Waals surface area contributed by atoms with Crippen molar-refractivity contribution in [2.75, 3.05) is 51.4 Å². The minimum atomic E-state index is -1.69. The van der Waals surface area contributed by atoms with Crippen LogP contribution in [-0.2, 0) is 14.9 Å². The first-order valence-electron chi connectivity index (χ1n) is 10.7. The van der Waals surface area contributed by atoms with E-state index in [-0.39, 0.29) is 12.0 Å². The summed E-state index contributed by atoms with van der Waals surface area (Å²) in [6.07, 6.45) is -0.744. The lowest BCUT2D eigenvalue weighted by molar-refractivity contribution is 0.0322. The van der Waals surface area contributed by atoms with Gasteiger partial charge in [-0.1, -0.05) is 55.6 Å². The van der Waals surface area contributed by atoms with Crippen LogP contribution in [-0.4, -0.2) is 70.6 Å². The Morgan fingerprint density at radius 1 is 1.15 bits per heavy atom. The van der Waals surface area contributed by atoms with Crippen molar-refractivity contribution >= 4 is 46.7 Å². The number of aromatic nitrogens is 2. The van der Waals surface area contributed by atoms with E-state index in [1.54, 1.807) is 10.7 Å². The van der Waals surface area contributed by atoms with Crippen molar-refractivity contribution in [1.82, 2.24) is 14.7 Å². The standard InChI is InChI=1S/C22H29Cl3N4O4/c1-21(2,3)18-14-19(26-20(30)33-15-22(23,24)25)29(27-18)16-4-6-17(7-5-16)32-13-10-28-8-11-31-12-9-28/h4-7,14H,8-13,15H2,1-3H3,(H,26,30). The maximum atomic E-state index is 12.2. The molecule has 2 heterocycles. The van der Waals surface area contributed by atoms with Crippen LogP contribution in [0.15, 0.2) is 30.3 Å². The lowest BCUT2D eigenvalue weighted by atomic mass is 9.92. The Bertz CT molecular complexity index is 917. The van der Waals surface area contributed by atoms with Crippen LogP contribution in [0.1, 0.15) is 26.5 Å². The van der Waals surface area contributed by atoms with E-state index in [0.717, 1.165) is 50.0 Å². The van der Waals surface area contributed by atoms with Gasteiger partial charge in [0.2, 0.25) is 3.79 Å². The van der Waals surface area contributed by atoms with E-state index < -0.39 is 9.89 Å². The Labute approximate surface area is 209 Å². The number of nitrogens with one attached hydrogen (secondary N) is 1. The highest BCUT2D eigenvalue weighted by atomic mass is 35.6. The van der Waals surface area contributed by atoms with Gasteiger partial charge in [0.1, 0.15) is 24.8 Å². The first-order chi connectivity index (χ1) is 15.5. The molecule has 0 bridgehead atoms. The van der Waals surface area contributed by atoms with Crippen molar-refractivity contribution in [2.45, 2.75) is 30.0 Å². The van der Waals surface area contributed by atoms with Gasteiger partial charge < -0.3 is 14.2 Å². The van der Waals surface area contributed by atoms with Crippen LogP contribution in [0.5, 0.6) is 5.75 Å². The van der Waals surface area contributed by atoms with Gasteiger partial charge in [0.25, 0.3) is 0 Å². The maximum Gasteiger partial charge on any atom is 0.412 e. The number of hydrogen-bond donors (Lipinski definition) is 1. The van der Waals surface area contributed by atoms with Gasteiger partial charge in [-0.2, -0.15) is 5.10 Å². The molecule has 0 atom stereocenters. The van der Waals surface area contributed by atoms with Gasteiger partial charge in [0.15, 0.2) is 0 Å². The number of carbonyl (C=O) groups is 1. The van der Waals surface area contributed by atoms with E-state index in [0.29, 0.717) is 12.4 Å². The van der Waals surface area contributed by atoms with Crippen LogP contribution >= 0.6 is 34.8 Å². The van der Waals surface area contributed by atoms with Crippen LogP contribution in [0.4, 0.5) is 10.6 Å². The molecule has 0 saturated carbocycles. The quantitative estimate of drug-likeness (QED) is 0.530. The fourth-order valence-electron chi connectivity index (χ4n) is 3.12. The van der Waals surface area contributed by atoms with Crippen molar-refractivity contribution in [3.05, 3.63) is 36.0 Å². The van der Waals surface area contributed by atoms with Gasteiger partial charge in [-0.05, 0) is 24.3 Å². The molecule has 3 rings (SSSR count). The first-order valence-corrected chi connectivity index (χ1v) is 11.8. The zero-order valence-electron chi connectivity index (χ0n) is 18.9. The van der Waals surface area contributed by atoms with Gasteiger partial charge in [-0.15, -0.1) is 0 Å². The highest BCUT2D eigenvalue weighted by Crippen LogP contribution is 2.28. The van der Waals surface area contributed by atoms with E-state index >= 15 is 0 Å². The van der Waals surface area contributed by atoms with Crippen LogP contribution < -0.4 is 10.1 Å². The molecule has 0 unspecified atom stereocenters. The summed E-state index contributed by atoms with van der Waals surface area (Å²) in [5.41, 5.74) is 1.32. The topological polar surface area (TPSA) is 77.8 Å². The molecule has 1 N–H and O–H groups in total. The number of hydrogen-bond acceptors (Lipinski definition) is 6. The third kappa shape index (κ3) is 8.22. The van der Waals surface area contributed by atoms with Crippen molar-refractivity contribution < 1.29 is 19.0 Å². The predicted molar refractivity (Wildman–Crippen MR) is 130 cm³/mol. The van der Waals surface area contributed by atoms with Crippen molar-refractivity contribution in [3.63, 3.8) is 0 Å². The molecule has 182 valence electrons. The van der Waals surface area contributed by atoms with Gasteiger partial charge in [-0.25, -0.2) is 9.48 Å². The number of amides is 1. The molecule has 2 aromatic rings. The Morgan fingerprint density at radius 3 is 2.42 bits per heavy atom. The van der Waals surface area contributed by atoms with E-state index in [4.69, 9.17) is 49.0 Å². The molecule has 1 fully saturated rings. The summed E-state index contributed by atoms with van der Waals surface area (Å²) in [4.78, 5) is 14.5. The Balaban J connectivity index is 1.68. The molecule has 0 spiro atoms. The molecule has 8 nitrogen and oxygen atoms in total. The van der Waals surface area contributed by atoms with Gasteiger partial charge in [0, 0.05) is 31.1 Å². The van der Waals surface area contributed by atoms with E-state index in [1.807, 2.05) is 45.0 Å². The largest absolute Gasteiger partial charge is 0.492 e. The predicted octanol–water partition coefficient (Wildman–Crippen LogP) is 4.80. The second-order valence-corrected chi connectivity index (χ2v) is 11.2. The molecule has 1 aliphatic rings. The molecule has 1 saturated heterocycles. The number of alkyl halides is 3. The average Bonchev–Trinajstić information content (AvgIpc) is 3.17. The van der Waals surface area contributed by atoms with Crippen LogP contribution in [0.25, 0.3) is 5.69 Å². The van der Waals surface area contributed by atoms with E-state index in [9.17, 15) is 4.79 Å². The number of benzene rings is 1. The number of nitrogens with zero attached hydrogens (tertiary/aromatic N) is 3. The number of rotatable bonds is 7. The Kier molecular flexibility index (Phi) is 8.75. The maximum absolute atomic E-state index is 12.2. The Morgan fingerprint density at radius 2 is 1.82 bits per heavy atom. The number of halogens is 3. The highest BCUT2D eigenvalue weighted by molar-refractivity contribution is 6.67. The average molecular weight is 520 g/mol. The van der Waals surface area contributed by atoms with E-state index in [2.05, 4.69) is 15.3 Å². The lowest BCUT2D eigenvalue weighted by Gasteiger charge is -2.26. The van der Waals surface area contributed by atoms with Gasteiger partial charge in [0.05, 0.1) is 24.6 Å². The van der Waals surface area contributed by atoms with Crippen LogP contribution in [0, 0.1) is 0 Å². The highest BCUT2D eigenvalue weighted by Gasteiger charge is 2.24. The van der Waals surface area contributed by atoms with Crippen molar-refractivity contribution in [2.24, 2.45) is 0 Å². The fourth-order valence-corrected chi connectivity index (χ4v) is 3.29. The molecule has 11 heteroatoms. The molecule has 33 heavy (non-hydrogen) atoms. The third-order valence-corrected chi connectivity index (χ3v) is 5.26. The second kappa shape index (κ2) is 11.1. The van der Waals surface area contributed by atoms with Crippen molar-refractivity contribution in [1.29, 1.82) is 0 Å². The summed E-state index contributed by atoms with van der Waals surface area (Å²) in [5, 5.41) is 7.35. The minimum Gasteiger partial charge on any atom is -0.492 e. The van der Waals surface area contributed by atoms with Crippen molar-refractivity contribution in [3.8, 4) is 11.4 Å². The molecule has 0 aliphatic carbocycles. The smallest absolute Gasteiger partial charge is 0.412 e.